The molecule has 6 nitrogen and oxygen atoms in total. The van der Waals surface area contributed by atoms with E-state index in [1.54, 1.807) is 24.3 Å². The Bertz CT molecular complexity index is 806. The molecular formula is C19H22ClF2N3O3. The number of ether oxygens (including phenoxy) is 1. The van der Waals surface area contributed by atoms with Crippen LogP contribution in [0.25, 0.3) is 0 Å². The van der Waals surface area contributed by atoms with Gasteiger partial charge in [0, 0.05) is 25.6 Å². The number of hydrogen-bond donors (Lipinski definition) is 3. The Labute approximate surface area is 167 Å². The Balaban J connectivity index is 0.00000392. The summed E-state index contributed by atoms with van der Waals surface area (Å²) >= 11 is 0. The summed E-state index contributed by atoms with van der Waals surface area (Å²) in [6, 6.07) is 9.64. The van der Waals surface area contributed by atoms with Gasteiger partial charge in [0.25, 0.3) is 5.91 Å². The summed E-state index contributed by atoms with van der Waals surface area (Å²) < 4.78 is 31.5. The number of nitrogens with one attached hydrogen (secondary N) is 2. The lowest BCUT2D eigenvalue weighted by Crippen LogP contribution is -2.30. The Morgan fingerprint density at radius 3 is 2.57 bits per heavy atom. The predicted molar refractivity (Wildman–Crippen MR) is 105 cm³/mol. The average Bonchev–Trinajstić information content (AvgIpc) is 2.65. The van der Waals surface area contributed by atoms with Gasteiger partial charge in [-0.2, -0.15) is 0 Å². The van der Waals surface area contributed by atoms with Gasteiger partial charge < -0.3 is 21.1 Å². The normalized spacial score (nSPS) is 9.96. The highest BCUT2D eigenvalue weighted by Crippen LogP contribution is 2.18. The maximum atomic E-state index is 13.4. The van der Waals surface area contributed by atoms with Crippen molar-refractivity contribution < 1.29 is 23.1 Å². The van der Waals surface area contributed by atoms with Crippen LogP contribution in [0.15, 0.2) is 42.5 Å². The molecular weight excluding hydrogens is 392 g/mol. The first-order valence-corrected chi connectivity index (χ1v) is 8.46. The van der Waals surface area contributed by atoms with E-state index in [1.165, 1.54) is 6.07 Å². The zero-order valence-electron chi connectivity index (χ0n) is 15.0. The Kier molecular flexibility index (Phi) is 9.91. The Morgan fingerprint density at radius 1 is 1.11 bits per heavy atom. The molecule has 2 amide bonds. The number of hydrogen-bond acceptors (Lipinski definition) is 4. The summed E-state index contributed by atoms with van der Waals surface area (Å²) in [5, 5.41) is 5.32. The lowest BCUT2D eigenvalue weighted by Gasteiger charge is -2.11. The van der Waals surface area contributed by atoms with E-state index < -0.39 is 11.6 Å². The molecule has 2 aromatic rings. The highest BCUT2D eigenvalue weighted by molar-refractivity contribution is 6.03. The van der Waals surface area contributed by atoms with E-state index in [9.17, 15) is 18.4 Å². The molecule has 0 unspecified atom stereocenters. The number of nitrogens with two attached hydrogens (primary N) is 1. The van der Waals surface area contributed by atoms with Gasteiger partial charge in [-0.05, 0) is 30.7 Å². The summed E-state index contributed by atoms with van der Waals surface area (Å²) in [5.41, 5.74) is 6.09. The minimum absolute atomic E-state index is 0. The second-order valence-electron chi connectivity index (χ2n) is 5.67. The number of carbonyl (C=O) groups excluding carboxylic acids is 2. The molecule has 0 fully saturated rings. The topological polar surface area (TPSA) is 93.5 Å². The summed E-state index contributed by atoms with van der Waals surface area (Å²) in [6.45, 7) is 0.738. The number of benzene rings is 2. The van der Waals surface area contributed by atoms with E-state index in [1.807, 2.05) is 0 Å². The Hall–Kier alpha value is -2.71. The molecule has 9 heteroatoms. The van der Waals surface area contributed by atoms with Crippen LogP contribution in [0.2, 0.25) is 0 Å². The summed E-state index contributed by atoms with van der Waals surface area (Å²) in [4.78, 5) is 24.2. The molecule has 0 saturated heterocycles. The van der Waals surface area contributed by atoms with E-state index in [0.29, 0.717) is 30.8 Å². The summed E-state index contributed by atoms with van der Waals surface area (Å²) in [6.07, 6.45) is 0.436. The first-order chi connectivity index (χ1) is 13.0. The standard InChI is InChI=1S/C19H21F2N3O3.ClH/c20-13-7-8-17(15(21)12-13)27-11-3-6-18(25)24-16-5-2-1-4-14(16)19(26)23-10-9-22;/h1-2,4-5,7-8,12H,3,6,9-11,22H2,(H,23,26)(H,24,25);1H. The summed E-state index contributed by atoms with van der Waals surface area (Å²) in [7, 11) is 0. The van der Waals surface area contributed by atoms with Crippen molar-refractivity contribution >= 4 is 29.9 Å². The molecule has 152 valence electrons. The first kappa shape index (κ1) is 23.3. The number of anilines is 1. The van der Waals surface area contributed by atoms with Gasteiger partial charge in [0.1, 0.15) is 5.82 Å². The third kappa shape index (κ3) is 7.13. The summed E-state index contributed by atoms with van der Waals surface area (Å²) in [5.74, 6) is -2.19. The molecule has 2 rings (SSSR count). The van der Waals surface area contributed by atoms with E-state index >= 15 is 0 Å². The predicted octanol–water partition coefficient (Wildman–Crippen LogP) is 2.87. The van der Waals surface area contributed by atoms with Crippen molar-refractivity contribution in [2.45, 2.75) is 12.8 Å². The second kappa shape index (κ2) is 11.9. The van der Waals surface area contributed by atoms with Crippen molar-refractivity contribution in [2.24, 2.45) is 5.73 Å². The van der Waals surface area contributed by atoms with Crippen molar-refractivity contribution in [3.05, 3.63) is 59.7 Å². The molecule has 0 heterocycles. The van der Waals surface area contributed by atoms with Gasteiger partial charge in [-0.15, -0.1) is 12.4 Å². The van der Waals surface area contributed by atoms with Crippen LogP contribution in [-0.4, -0.2) is 31.5 Å². The van der Waals surface area contributed by atoms with Crippen LogP contribution in [0.5, 0.6) is 5.75 Å². The van der Waals surface area contributed by atoms with Gasteiger partial charge >= 0.3 is 0 Å². The number of carbonyl (C=O) groups is 2. The van der Waals surface area contributed by atoms with Gasteiger partial charge in [0.05, 0.1) is 17.9 Å². The van der Waals surface area contributed by atoms with Gasteiger partial charge in [-0.25, -0.2) is 8.78 Å². The van der Waals surface area contributed by atoms with Gasteiger partial charge in [-0.1, -0.05) is 12.1 Å². The fraction of sp³-hybridized carbons (Fsp3) is 0.263. The number of rotatable bonds is 9. The smallest absolute Gasteiger partial charge is 0.253 e. The van der Waals surface area contributed by atoms with Crippen LogP contribution >= 0.6 is 12.4 Å². The van der Waals surface area contributed by atoms with E-state index in [2.05, 4.69) is 10.6 Å². The molecule has 2 aromatic carbocycles. The molecule has 0 aliphatic carbocycles. The minimum Gasteiger partial charge on any atom is -0.491 e. The van der Waals surface area contributed by atoms with Crippen LogP contribution < -0.4 is 21.1 Å². The van der Waals surface area contributed by atoms with E-state index in [4.69, 9.17) is 10.5 Å². The molecule has 0 aliphatic heterocycles. The van der Waals surface area contributed by atoms with Crippen molar-refractivity contribution in [1.82, 2.24) is 5.32 Å². The lowest BCUT2D eigenvalue weighted by molar-refractivity contribution is -0.116. The average molecular weight is 414 g/mol. The van der Waals surface area contributed by atoms with Gasteiger partial charge in [-0.3, -0.25) is 9.59 Å². The van der Waals surface area contributed by atoms with Crippen molar-refractivity contribution in [2.75, 3.05) is 25.0 Å². The zero-order chi connectivity index (χ0) is 19.6. The van der Waals surface area contributed by atoms with Crippen LogP contribution in [0, 0.1) is 11.6 Å². The molecule has 0 atom stereocenters. The minimum atomic E-state index is -0.795. The number of halogens is 3. The second-order valence-corrected chi connectivity index (χ2v) is 5.67. The third-order valence-corrected chi connectivity index (χ3v) is 3.58. The maximum Gasteiger partial charge on any atom is 0.253 e. The highest BCUT2D eigenvalue weighted by Gasteiger charge is 2.12. The van der Waals surface area contributed by atoms with Crippen LogP contribution in [0.1, 0.15) is 23.2 Å². The van der Waals surface area contributed by atoms with Gasteiger partial charge in [0.2, 0.25) is 5.91 Å². The fourth-order valence-electron chi connectivity index (χ4n) is 2.29. The van der Waals surface area contributed by atoms with Crippen LogP contribution in [-0.2, 0) is 4.79 Å². The van der Waals surface area contributed by atoms with Crippen molar-refractivity contribution in [3.63, 3.8) is 0 Å². The maximum absolute atomic E-state index is 13.4. The van der Waals surface area contributed by atoms with Crippen LogP contribution in [0.3, 0.4) is 0 Å². The number of para-hydroxylation sites is 1. The van der Waals surface area contributed by atoms with Crippen LogP contribution in [0.4, 0.5) is 14.5 Å². The van der Waals surface area contributed by atoms with Crippen molar-refractivity contribution in [3.8, 4) is 5.75 Å². The molecule has 4 N–H and O–H groups in total. The lowest BCUT2D eigenvalue weighted by atomic mass is 10.1. The fourth-order valence-corrected chi connectivity index (χ4v) is 2.29. The van der Waals surface area contributed by atoms with E-state index in [-0.39, 0.29) is 43.0 Å². The molecule has 28 heavy (non-hydrogen) atoms. The molecule has 0 radical (unpaired) electrons. The quantitative estimate of drug-likeness (QED) is 0.551. The van der Waals surface area contributed by atoms with Gasteiger partial charge in [0.15, 0.2) is 11.6 Å². The molecule has 0 spiro atoms. The van der Waals surface area contributed by atoms with Crippen molar-refractivity contribution in [1.29, 1.82) is 0 Å². The first-order valence-electron chi connectivity index (χ1n) is 8.46. The largest absolute Gasteiger partial charge is 0.491 e. The third-order valence-electron chi connectivity index (χ3n) is 3.58. The highest BCUT2D eigenvalue weighted by atomic mass is 35.5. The molecule has 0 aromatic heterocycles. The monoisotopic (exact) mass is 413 g/mol. The SMILES string of the molecule is Cl.NCCNC(=O)c1ccccc1NC(=O)CCCOc1ccc(F)cc1F. The molecule has 0 saturated carbocycles. The molecule has 0 bridgehead atoms. The molecule has 0 aliphatic rings. The zero-order valence-corrected chi connectivity index (χ0v) is 15.9. The number of amides is 2. The Morgan fingerprint density at radius 2 is 1.86 bits per heavy atom. The van der Waals surface area contributed by atoms with E-state index in [0.717, 1.165) is 12.1 Å².